The molecule has 2 amide bonds. The molecule has 0 saturated heterocycles. The SMILES string of the molecule is O=C(NNC(=O)c1ccc(Br)s1)c1cncc(Br)c1. The van der Waals surface area contributed by atoms with E-state index in [1.54, 1.807) is 24.4 Å². The van der Waals surface area contributed by atoms with Gasteiger partial charge in [-0.15, -0.1) is 11.3 Å². The minimum Gasteiger partial charge on any atom is -0.267 e. The maximum absolute atomic E-state index is 11.7. The number of pyridine rings is 1. The number of nitrogens with one attached hydrogen (secondary N) is 2. The summed E-state index contributed by atoms with van der Waals surface area (Å²) in [4.78, 5) is 27.8. The van der Waals surface area contributed by atoms with E-state index in [9.17, 15) is 9.59 Å². The third kappa shape index (κ3) is 3.85. The van der Waals surface area contributed by atoms with Gasteiger partial charge in [0, 0.05) is 16.9 Å². The van der Waals surface area contributed by atoms with Crippen molar-refractivity contribution in [2.75, 3.05) is 0 Å². The van der Waals surface area contributed by atoms with Crippen molar-refractivity contribution in [3.63, 3.8) is 0 Å². The Morgan fingerprint density at radius 2 is 1.84 bits per heavy atom. The van der Waals surface area contributed by atoms with Gasteiger partial charge in [0.25, 0.3) is 11.8 Å². The van der Waals surface area contributed by atoms with Crippen molar-refractivity contribution in [1.82, 2.24) is 15.8 Å². The Hall–Kier alpha value is -1.25. The van der Waals surface area contributed by atoms with Crippen LogP contribution in [0.3, 0.4) is 0 Å². The van der Waals surface area contributed by atoms with E-state index in [0.717, 1.165) is 3.79 Å². The second kappa shape index (κ2) is 6.27. The molecule has 0 atom stereocenters. The van der Waals surface area contributed by atoms with Gasteiger partial charge in [-0.1, -0.05) is 0 Å². The number of carbonyl (C=O) groups is 2. The third-order valence-electron chi connectivity index (χ3n) is 2.05. The summed E-state index contributed by atoms with van der Waals surface area (Å²) in [5.41, 5.74) is 5.01. The molecular weight excluding hydrogens is 398 g/mol. The van der Waals surface area contributed by atoms with Crippen LogP contribution in [0.4, 0.5) is 0 Å². The molecule has 0 aliphatic rings. The molecule has 0 spiro atoms. The van der Waals surface area contributed by atoms with Crippen LogP contribution in [0, 0.1) is 0 Å². The van der Waals surface area contributed by atoms with E-state index in [2.05, 4.69) is 47.7 Å². The predicted octanol–water partition coefficient (Wildman–Crippen LogP) is 2.74. The highest BCUT2D eigenvalue weighted by atomic mass is 79.9. The molecule has 0 aliphatic carbocycles. The van der Waals surface area contributed by atoms with E-state index >= 15 is 0 Å². The van der Waals surface area contributed by atoms with Crippen LogP contribution in [0.25, 0.3) is 0 Å². The molecule has 0 radical (unpaired) electrons. The molecule has 0 aliphatic heterocycles. The number of halogens is 2. The van der Waals surface area contributed by atoms with Gasteiger partial charge >= 0.3 is 0 Å². The van der Waals surface area contributed by atoms with Crippen molar-refractivity contribution in [3.8, 4) is 0 Å². The highest BCUT2D eigenvalue weighted by molar-refractivity contribution is 9.11. The number of hydrogen-bond donors (Lipinski definition) is 2. The number of hydrogen-bond acceptors (Lipinski definition) is 4. The number of nitrogens with zero attached hydrogens (tertiary/aromatic N) is 1. The Labute approximate surface area is 129 Å². The monoisotopic (exact) mass is 403 g/mol. The Kier molecular flexibility index (Phi) is 4.67. The van der Waals surface area contributed by atoms with E-state index in [4.69, 9.17) is 0 Å². The van der Waals surface area contributed by atoms with E-state index < -0.39 is 5.91 Å². The molecule has 0 saturated carbocycles. The molecule has 98 valence electrons. The van der Waals surface area contributed by atoms with Crippen molar-refractivity contribution in [2.45, 2.75) is 0 Å². The fraction of sp³-hybridized carbons (Fsp3) is 0. The molecule has 5 nitrogen and oxygen atoms in total. The second-order valence-corrected chi connectivity index (χ2v) is 6.78. The standard InChI is InChI=1S/C11H7Br2N3O2S/c12-7-3-6(4-14-5-7)10(17)15-16-11(18)8-1-2-9(13)19-8/h1-5H,(H,15,17)(H,16,18). The van der Waals surface area contributed by atoms with E-state index in [1.807, 2.05) is 0 Å². The second-order valence-electron chi connectivity index (χ2n) is 3.40. The Morgan fingerprint density at radius 1 is 1.11 bits per heavy atom. The van der Waals surface area contributed by atoms with Gasteiger partial charge in [0.1, 0.15) is 0 Å². The fourth-order valence-electron chi connectivity index (χ4n) is 1.22. The summed E-state index contributed by atoms with van der Waals surface area (Å²) in [5, 5.41) is 0. The summed E-state index contributed by atoms with van der Waals surface area (Å²) in [5.74, 6) is -0.801. The Bertz CT molecular complexity index is 630. The quantitative estimate of drug-likeness (QED) is 0.756. The molecule has 0 bridgehead atoms. The van der Waals surface area contributed by atoms with Crippen LogP contribution >= 0.6 is 43.2 Å². The zero-order chi connectivity index (χ0) is 13.8. The average molecular weight is 405 g/mol. The minimum absolute atomic E-state index is 0.349. The maximum atomic E-state index is 11.7. The summed E-state index contributed by atoms with van der Waals surface area (Å²) in [6.45, 7) is 0. The number of aromatic nitrogens is 1. The lowest BCUT2D eigenvalue weighted by Gasteiger charge is -2.06. The van der Waals surface area contributed by atoms with Crippen LogP contribution in [-0.2, 0) is 0 Å². The largest absolute Gasteiger partial charge is 0.279 e. The Balaban J connectivity index is 1.95. The Morgan fingerprint density at radius 3 is 2.47 bits per heavy atom. The van der Waals surface area contributed by atoms with Gasteiger partial charge in [-0.05, 0) is 50.1 Å². The van der Waals surface area contributed by atoms with Crippen LogP contribution in [0.15, 0.2) is 38.9 Å². The number of hydrazine groups is 1. The first-order chi connectivity index (χ1) is 9.06. The maximum Gasteiger partial charge on any atom is 0.279 e. The molecule has 2 aromatic rings. The van der Waals surface area contributed by atoms with Crippen LogP contribution in [0.2, 0.25) is 0 Å². The first-order valence-corrected chi connectivity index (χ1v) is 7.43. The van der Waals surface area contributed by atoms with E-state index in [0.29, 0.717) is 14.9 Å². The lowest BCUT2D eigenvalue weighted by molar-refractivity contribution is 0.0848. The molecule has 0 unspecified atom stereocenters. The lowest BCUT2D eigenvalue weighted by Crippen LogP contribution is -2.41. The zero-order valence-electron chi connectivity index (χ0n) is 9.31. The van der Waals surface area contributed by atoms with E-state index in [-0.39, 0.29) is 5.91 Å². The van der Waals surface area contributed by atoms with Crippen molar-refractivity contribution in [1.29, 1.82) is 0 Å². The highest BCUT2D eigenvalue weighted by Gasteiger charge is 2.11. The topological polar surface area (TPSA) is 71.1 Å². The number of carbonyl (C=O) groups excluding carboxylic acids is 2. The third-order valence-corrected chi connectivity index (χ3v) is 4.11. The van der Waals surface area contributed by atoms with E-state index in [1.165, 1.54) is 17.5 Å². The first-order valence-electron chi connectivity index (χ1n) is 5.03. The fourth-order valence-corrected chi connectivity index (χ4v) is 2.87. The van der Waals surface area contributed by atoms with Crippen LogP contribution in [-0.4, -0.2) is 16.8 Å². The highest BCUT2D eigenvalue weighted by Crippen LogP contribution is 2.21. The summed E-state index contributed by atoms with van der Waals surface area (Å²) in [6, 6.07) is 5.03. The first kappa shape index (κ1) is 14.2. The number of rotatable bonds is 2. The molecule has 2 N–H and O–H groups in total. The minimum atomic E-state index is -0.433. The zero-order valence-corrected chi connectivity index (χ0v) is 13.3. The van der Waals surface area contributed by atoms with Crippen molar-refractivity contribution < 1.29 is 9.59 Å². The summed E-state index contributed by atoms with van der Waals surface area (Å²) < 4.78 is 1.54. The smallest absolute Gasteiger partial charge is 0.267 e. The molecule has 2 aromatic heterocycles. The molecule has 0 fully saturated rings. The number of amides is 2. The van der Waals surface area contributed by atoms with Crippen LogP contribution < -0.4 is 10.9 Å². The van der Waals surface area contributed by atoms with Crippen molar-refractivity contribution >= 4 is 55.0 Å². The van der Waals surface area contributed by atoms with Crippen molar-refractivity contribution in [2.24, 2.45) is 0 Å². The van der Waals surface area contributed by atoms with Gasteiger partial charge in [0.2, 0.25) is 0 Å². The molecule has 0 aromatic carbocycles. The molecule has 8 heteroatoms. The van der Waals surface area contributed by atoms with Gasteiger partial charge < -0.3 is 0 Å². The van der Waals surface area contributed by atoms with Crippen molar-refractivity contribution in [3.05, 3.63) is 49.3 Å². The normalized spacial score (nSPS) is 10.0. The summed E-state index contributed by atoms with van der Waals surface area (Å²) >= 11 is 7.76. The van der Waals surface area contributed by atoms with Crippen LogP contribution in [0.1, 0.15) is 20.0 Å². The summed E-state index contributed by atoms with van der Waals surface area (Å²) in [6.07, 6.45) is 2.98. The van der Waals surface area contributed by atoms with Gasteiger partial charge in [0.15, 0.2) is 0 Å². The predicted molar refractivity (Wildman–Crippen MR) is 78.9 cm³/mol. The van der Waals surface area contributed by atoms with Gasteiger partial charge in [-0.25, -0.2) is 0 Å². The van der Waals surface area contributed by atoms with Gasteiger partial charge in [-0.2, -0.15) is 0 Å². The lowest BCUT2D eigenvalue weighted by atomic mass is 10.3. The summed E-state index contributed by atoms with van der Waals surface area (Å²) in [7, 11) is 0. The molecule has 2 heterocycles. The van der Waals surface area contributed by atoms with Gasteiger partial charge in [-0.3, -0.25) is 25.4 Å². The molecular formula is C11H7Br2N3O2S. The molecule has 19 heavy (non-hydrogen) atoms. The molecule has 2 rings (SSSR count). The average Bonchev–Trinajstić information content (AvgIpc) is 2.82. The van der Waals surface area contributed by atoms with Gasteiger partial charge in [0.05, 0.1) is 14.2 Å². The van der Waals surface area contributed by atoms with Crippen LogP contribution in [0.5, 0.6) is 0 Å². The number of thiophene rings is 1.